The summed E-state index contributed by atoms with van der Waals surface area (Å²) >= 11 is 0. The molecule has 0 spiro atoms. The Bertz CT molecular complexity index is 947. The van der Waals surface area contributed by atoms with E-state index in [2.05, 4.69) is 32.9 Å². The van der Waals surface area contributed by atoms with E-state index in [9.17, 15) is 14.4 Å². The van der Waals surface area contributed by atoms with Crippen molar-refractivity contribution in [3.8, 4) is 0 Å². The van der Waals surface area contributed by atoms with E-state index in [4.69, 9.17) is 14.2 Å². The van der Waals surface area contributed by atoms with Crippen molar-refractivity contribution in [2.45, 2.75) is 309 Å². The summed E-state index contributed by atoms with van der Waals surface area (Å²) in [5.74, 6) is -0.858. The van der Waals surface area contributed by atoms with Crippen LogP contribution in [0.1, 0.15) is 303 Å². The lowest BCUT2D eigenvalue weighted by Gasteiger charge is -2.18. The Morgan fingerprint density at radius 2 is 0.541 bits per heavy atom. The molecule has 0 aliphatic rings. The third-order valence-corrected chi connectivity index (χ3v) is 12.3. The van der Waals surface area contributed by atoms with Crippen LogP contribution in [0.3, 0.4) is 0 Å². The van der Waals surface area contributed by atoms with Crippen LogP contribution in [0, 0.1) is 0 Å². The number of unbranched alkanes of at least 4 members (excludes halogenated alkanes) is 37. The second-order valence-corrected chi connectivity index (χ2v) is 18.5. The molecule has 0 aliphatic heterocycles. The van der Waals surface area contributed by atoms with Gasteiger partial charge in [0.05, 0.1) is 0 Å². The van der Waals surface area contributed by atoms with Crippen molar-refractivity contribution >= 4 is 17.9 Å². The van der Waals surface area contributed by atoms with Gasteiger partial charge in [0.2, 0.25) is 0 Å². The van der Waals surface area contributed by atoms with Gasteiger partial charge in [-0.05, 0) is 44.9 Å². The van der Waals surface area contributed by atoms with Crippen LogP contribution in [-0.2, 0) is 28.6 Å². The number of carbonyl (C=O) groups excluding carboxylic acids is 3. The molecule has 0 amide bonds. The molecule has 0 radical (unpaired) electrons. The molecule has 0 saturated heterocycles. The lowest BCUT2D eigenvalue weighted by molar-refractivity contribution is -0.167. The van der Waals surface area contributed by atoms with Crippen molar-refractivity contribution in [1.82, 2.24) is 0 Å². The first kappa shape index (κ1) is 59.1. The van der Waals surface area contributed by atoms with Gasteiger partial charge in [0.25, 0.3) is 0 Å². The molecule has 0 unspecified atom stereocenters. The SMILES string of the molecule is CCCCCC/C=C\CCCCCCCC(=O)OC[C@H](COC(=O)CCCCCCCCCCCCC)OC(=O)CCCCCCCCCCCCCCCCCCCCC. The molecule has 0 rings (SSSR count). The first-order chi connectivity index (χ1) is 30.0. The molecule has 0 bridgehead atoms. The summed E-state index contributed by atoms with van der Waals surface area (Å²) in [6.07, 6.45) is 56.3. The fourth-order valence-corrected chi connectivity index (χ4v) is 8.14. The van der Waals surface area contributed by atoms with Crippen molar-refractivity contribution in [3.05, 3.63) is 12.2 Å². The van der Waals surface area contributed by atoms with Gasteiger partial charge in [-0.1, -0.05) is 251 Å². The van der Waals surface area contributed by atoms with Gasteiger partial charge in [-0.15, -0.1) is 0 Å². The Labute approximate surface area is 380 Å². The molecule has 0 aromatic heterocycles. The summed E-state index contributed by atoms with van der Waals surface area (Å²) < 4.78 is 16.8. The van der Waals surface area contributed by atoms with Gasteiger partial charge in [0, 0.05) is 19.3 Å². The fraction of sp³-hybridized carbons (Fsp3) is 0.909. The molecule has 0 fully saturated rings. The Kier molecular flexibility index (Phi) is 49.3. The lowest BCUT2D eigenvalue weighted by atomic mass is 10.0. The smallest absolute Gasteiger partial charge is 0.306 e. The number of hydrogen-bond donors (Lipinski definition) is 0. The Balaban J connectivity index is 4.28. The normalized spacial score (nSPS) is 12.0. The summed E-state index contributed by atoms with van der Waals surface area (Å²) in [5.41, 5.74) is 0. The molecule has 0 aromatic rings. The van der Waals surface area contributed by atoms with Crippen LogP contribution in [0.15, 0.2) is 12.2 Å². The predicted octanol–water partition coefficient (Wildman–Crippen LogP) is 17.8. The minimum Gasteiger partial charge on any atom is -0.462 e. The maximum absolute atomic E-state index is 12.8. The van der Waals surface area contributed by atoms with E-state index >= 15 is 0 Å². The maximum atomic E-state index is 12.8. The van der Waals surface area contributed by atoms with Gasteiger partial charge < -0.3 is 14.2 Å². The fourth-order valence-electron chi connectivity index (χ4n) is 8.14. The minimum atomic E-state index is -0.766. The summed E-state index contributed by atoms with van der Waals surface area (Å²) in [4.78, 5) is 38.0. The van der Waals surface area contributed by atoms with Gasteiger partial charge in [-0.2, -0.15) is 0 Å². The van der Waals surface area contributed by atoms with Crippen LogP contribution >= 0.6 is 0 Å². The molecular formula is C55H104O6. The summed E-state index contributed by atoms with van der Waals surface area (Å²) in [6, 6.07) is 0. The Morgan fingerprint density at radius 3 is 0.836 bits per heavy atom. The van der Waals surface area contributed by atoms with Crippen molar-refractivity contribution in [1.29, 1.82) is 0 Å². The largest absolute Gasteiger partial charge is 0.462 e. The third-order valence-electron chi connectivity index (χ3n) is 12.3. The summed E-state index contributed by atoms with van der Waals surface area (Å²) in [6.45, 7) is 6.65. The highest BCUT2D eigenvalue weighted by Gasteiger charge is 2.19. The van der Waals surface area contributed by atoms with E-state index < -0.39 is 6.10 Å². The highest BCUT2D eigenvalue weighted by atomic mass is 16.6. The summed E-state index contributed by atoms with van der Waals surface area (Å²) in [7, 11) is 0. The zero-order valence-corrected chi connectivity index (χ0v) is 41.2. The quantitative estimate of drug-likeness (QED) is 0.0262. The van der Waals surface area contributed by atoms with Crippen LogP contribution in [0.25, 0.3) is 0 Å². The average Bonchev–Trinajstić information content (AvgIpc) is 3.26. The van der Waals surface area contributed by atoms with E-state index in [-0.39, 0.29) is 31.1 Å². The van der Waals surface area contributed by atoms with Crippen LogP contribution in [0.4, 0.5) is 0 Å². The van der Waals surface area contributed by atoms with Gasteiger partial charge >= 0.3 is 17.9 Å². The molecule has 0 N–H and O–H groups in total. The molecule has 1 atom stereocenters. The molecule has 0 aliphatic carbocycles. The van der Waals surface area contributed by atoms with Crippen LogP contribution < -0.4 is 0 Å². The zero-order chi connectivity index (χ0) is 44.4. The van der Waals surface area contributed by atoms with Gasteiger partial charge in [-0.3, -0.25) is 14.4 Å². The van der Waals surface area contributed by atoms with E-state index in [1.54, 1.807) is 0 Å². The van der Waals surface area contributed by atoms with Crippen LogP contribution in [0.5, 0.6) is 0 Å². The first-order valence-corrected chi connectivity index (χ1v) is 27.2. The molecule has 0 aromatic carbocycles. The lowest BCUT2D eigenvalue weighted by Crippen LogP contribution is -2.30. The van der Waals surface area contributed by atoms with Crippen molar-refractivity contribution in [2.24, 2.45) is 0 Å². The van der Waals surface area contributed by atoms with Crippen LogP contribution in [-0.4, -0.2) is 37.2 Å². The highest BCUT2D eigenvalue weighted by molar-refractivity contribution is 5.71. The molecule has 0 heterocycles. The van der Waals surface area contributed by atoms with Gasteiger partial charge in [0.1, 0.15) is 13.2 Å². The number of ether oxygens (including phenoxy) is 3. The number of allylic oxidation sites excluding steroid dienone is 2. The standard InChI is InChI=1S/C55H104O6/c1-4-7-10-13-16-19-22-24-25-26-27-28-29-31-34-37-40-43-46-49-55(58)61-52(50-59-53(56)47-44-41-38-35-32-21-18-15-12-9-6-3)51-60-54(57)48-45-42-39-36-33-30-23-20-17-14-11-8-5-2/h20,23,52H,4-19,21-22,24-51H2,1-3H3/b23-20-/t52-/m0/s1. The molecule has 360 valence electrons. The van der Waals surface area contributed by atoms with E-state index in [0.29, 0.717) is 19.3 Å². The Hall–Kier alpha value is -1.85. The van der Waals surface area contributed by atoms with E-state index in [1.165, 1.54) is 199 Å². The molecule has 6 heteroatoms. The van der Waals surface area contributed by atoms with Crippen molar-refractivity contribution in [2.75, 3.05) is 13.2 Å². The number of carbonyl (C=O) groups is 3. The molecular weight excluding hydrogens is 757 g/mol. The minimum absolute atomic E-state index is 0.0672. The second kappa shape index (κ2) is 50.8. The number of esters is 3. The second-order valence-electron chi connectivity index (χ2n) is 18.5. The Morgan fingerprint density at radius 1 is 0.311 bits per heavy atom. The number of rotatable bonds is 50. The van der Waals surface area contributed by atoms with Gasteiger partial charge in [-0.25, -0.2) is 0 Å². The van der Waals surface area contributed by atoms with E-state index in [0.717, 1.165) is 64.2 Å². The highest BCUT2D eigenvalue weighted by Crippen LogP contribution is 2.17. The van der Waals surface area contributed by atoms with Crippen molar-refractivity contribution < 1.29 is 28.6 Å². The maximum Gasteiger partial charge on any atom is 0.306 e. The number of hydrogen-bond acceptors (Lipinski definition) is 6. The summed E-state index contributed by atoms with van der Waals surface area (Å²) in [5, 5.41) is 0. The predicted molar refractivity (Wildman–Crippen MR) is 261 cm³/mol. The monoisotopic (exact) mass is 861 g/mol. The average molecular weight is 861 g/mol. The van der Waals surface area contributed by atoms with Crippen molar-refractivity contribution in [3.63, 3.8) is 0 Å². The third kappa shape index (κ3) is 49.0. The molecule has 61 heavy (non-hydrogen) atoms. The van der Waals surface area contributed by atoms with E-state index in [1.807, 2.05) is 0 Å². The van der Waals surface area contributed by atoms with Gasteiger partial charge in [0.15, 0.2) is 6.10 Å². The topological polar surface area (TPSA) is 78.9 Å². The van der Waals surface area contributed by atoms with Crippen LogP contribution in [0.2, 0.25) is 0 Å². The first-order valence-electron chi connectivity index (χ1n) is 27.2. The molecule has 6 nitrogen and oxygen atoms in total. The molecule has 0 saturated carbocycles. The zero-order valence-electron chi connectivity index (χ0n) is 41.2.